The molecule has 0 aliphatic heterocycles. The van der Waals surface area contributed by atoms with Crippen LogP contribution in [0.3, 0.4) is 0 Å². The largest absolute Gasteiger partial charge is 0.465 e. The average Bonchev–Trinajstić information content (AvgIpc) is 2.27. The zero-order chi connectivity index (χ0) is 11.4. The summed E-state index contributed by atoms with van der Waals surface area (Å²) in [6.07, 6.45) is -2.79. The van der Waals surface area contributed by atoms with E-state index in [1.165, 1.54) is 12.1 Å². The highest BCUT2D eigenvalue weighted by Gasteiger charge is 2.20. The van der Waals surface area contributed by atoms with Crippen molar-refractivity contribution in [2.45, 2.75) is 11.8 Å². The lowest BCUT2D eigenvalue weighted by atomic mass is 10.2. The molecule has 0 atom stereocenters. The monoisotopic (exact) mass is 279 g/mol. The van der Waals surface area contributed by atoms with Crippen LogP contribution >= 0.6 is 15.9 Å². The number of halogens is 3. The number of carbonyl (C=O) groups is 1. The number of aromatic nitrogens is 1. The van der Waals surface area contributed by atoms with Gasteiger partial charge in [0.2, 0.25) is 0 Å². The van der Waals surface area contributed by atoms with Gasteiger partial charge in [-0.3, -0.25) is 4.98 Å². The number of carbonyl (C=O) groups excluding carboxylic acids is 1. The maximum Gasteiger partial charge on any atom is 0.339 e. The van der Waals surface area contributed by atoms with Gasteiger partial charge >= 0.3 is 5.97 Å². The summed E-state index contributed by atoms with van der Waals surface area (Å²) in [5, 5.41) is 0.355. The average molecular weight is 280 g/mol. The number of methoxy groups -OCH3 is 1. The fourth-order valence-electron chi connectivity index (χ4n) is 1.04. The van der Waals surface area contributed by atoms with E-state index in [9.17, 15) is 13.6 Å². The molecule has 0 aliphatic rings. The summed E-state index contributed by atoms with van der Waals surface area (Å²) >= 11 is 3.10. The van der Waals surface area contributed by atoms with Crippen molar-refractivity contribution >= 4 is 21.9 Å². The SMILES string of the molecule is COC(=O)c1ccc(CBr)nc1C(F)F. The van der Waals surface area contributed by atoms with Gasteiger partial charge in [-0.25, -0.2) is 13.6 Å². The van der Waals surface area contributed by atoms with E-state index in [-0.39, 0.29) is 5.56 Å². The minimum absolute atomic E-state index is 0.197. The molecule has 6 heteroatoms. The number of esters is 1. The van der Waals surface area contributed by atoms with Gasteiger partial charge in [-0.1, -0.05) is 15.9 Å². The highest BCUT2D eigenvalue weighted by atomic mass is 79.9. The van der Waals surface area contributed by atoms with Gasteiger partial charge in [-0.05, 0) is 12.1 Å². The van der Waals surface area contributed by atoms with Crippen LogP contribution in [0.4, 0.5) is 8.78 Å². The van der Waals surface area contributed by atoms with E-state index in [0.29, 0.717) is 11.0 Å². The van der Waals surface area contributed by atoms with Gasteiger partial charge in [0.15, 0.2) is 0 Å². The first-order valence-corrected chi connectivity index (χ1v) is 5.14. The molecule has 15 heavy (non-hydrogen) atoms. The lowest BCUT2D eigenvalue weighted by molar-refractivity contribution is 0.0587. The molecule has 0 radical (unpaired) electrons. The molecule has 0 N–H and O–H groups in total. The molecule has 0 fully saturated rings. The molecule has 3 nitrogen and oxygen atoms in total. The number of nitrogens with zero attached hydrogens (tertiary/aromatic N) is 1. The third kappa shape index (κ3) is 2.71. The lowest BCUT2D eigenvalue weighted by Gasteiger charge is -2.07. The molecule has 0 unspecified atom stereocenters. The van der Waals surface area contributed by atoms with Crippen molar-refractivity contribution in [1.29, 1.82) is 0 Å². The van der Waals surface area contributed by atoms with E-state index in [1.807, 2.05) is 0 Å². The first-order valence-electron chi connectivity index (χ1n) is 4.02. The molecule has 0 aromatic carbocycles. The number of pyridine rings is 1. The summed E-state index contributed by atoms with van der Waals surface area (Å²) < 4.78 is 29.5. The summed E-state index contributed by atoms with van der Waals surface area (Å²) in [6, 6.07) is 2.78. The molecule has 1 aromatic heterocycles. The molecule has 1 heterocycles. The van der Waals surface area contributed by atoms with Gasteiger partial charge in [0.05, 0.1) is 18.4 Å². The second-order valence-electron chi connectivity index (χ2n) is 2.66. The predicted molar refractivity (Wildman–Crippen MR) is 53.2 cm³/mol. The Bertz CT molecular complexity index is 371. The number of alkyl halides is 3. The summed E-state index contributed by atoms with van der Waals surface area (Å²) in [7, 11) is 1.13. The van der Waals surface area contributed by atoms with Crippen LogP contribution in [0.1, 0.15) is 28.2 Å². The summed E-state index contributed by atoms with van der Waals surface area (Å²) in [6.45, 7) is 0. The van der Waals surface area contributed by atoms with E-state index in [0.717, 1.165) is 7.11 Å². The van der Waals surface area contributed by atoms with Crippen LogP contribution in [-0.2, 0) is 10.1 Å². The van der Waals surface area contributed by atoms with Crippen LogP contribution in [-0.4, -0.2) is 18.1 Å². The molecule has 0 aliphatic carbocycles. The number of ether oxygens (including phenoxy) is 1. The van der Waals surface area contributed by atoms with Crippen molar-refractivity contribution in [3.05, 3.63) is 29.1 Å². The van der Waals surface area contributed by atoms with Crippen molar-refractivity contribution in [3.8, 4) is 0 Å². The fraction of sp³-hybridized carbons (Fsp3) is 0.333. The summed E-state index contributed by atoms with van der Waals surface area (Å²) in [5.74, 6) is -0.807. The standard InChI is InChI=1S/C9H8BrF2NO2/c1-15-9(14)6-3-2-5(4-10)13-7(6)8(11)12/h2-3,8H,4H2,1H3. The second kappa shape index (κ2) is 5.16. The van der Waals surface area contributed by atoms with Crippen molar-refractivity contribution < 1.29 is 18.3 Å². The Labute approximate surface area is 93.6 Å². The zero-order valence-corrected chi connectivity index (χ0v) is 9.42. The Morgan fingerprint density at radius 2 is 2.27 bits per heavy atom. The molecule has 82 valence electrons. The van der Waals surface area contributed by atoms with Crippen LogP contribution in [0, 0.1) is 0 Å². The van der Waals surface area contributed by atoms with E-state index in [2.05, 4.69) is 25.7 Å². The van der Waals surface area contributed by atoms with E-state index in [4.69, 9.17) is 0 Å². The molecular formula is C9H8BrF2NO2. The molecule has 1 aromatic rings. The highest BCUT2D eigenvalue weighted by molar-refractivity contribution is 9.08. The predicted octanol–water partition coefficient (Wildman–Crippen LogP) is 2.70. The topological polar surface area (TPSA) is 39.2 Å². The van der Waals surface area contributed by atoms with Crippen LogP contribution in [0.15, 0.2) is 12.1 Å². The van der Waals surface area contributed by atoms with Crippen LogP contribution < -0.4 is 0 Å². The van der Waals surface area contributed by atoms with E-state index >= 15 is 0 Å². The Hall–Kier alpha value is -1.04. The van der Waals surface area contributed by atoms with Crippen molar-refractivity contribution in [2.75, 3.05) is 7.11 Å². The molecule has 0 spiro atoms. The minimum atomic E-state index is -2.79. The fourth-order valence-corrected chi connectivity index (χ4v) is 1.35. The third-order valence-corrected chi connectivity index (χ3v) is 2.31. The summed E-state index contributed by atoms with van der Waals surface area (Å²) in [4.78, 5) is 14.8. The lowest BCUT2D eigenvalue weighted by Crippen LogP contribution is -2.09. The molecule has 0 bridgehead atoms. The zero-order valence-electron chi connectivity index (χ0n) is 7.84. The Morgan fingerprint density at radius 3 is 2.73 bits per heavy atom. The van der Waals surface area contributed by atoms with E-state index < -0.39 is 18.1 Å². The van der Waals surface area contributed by atoms with Crippen LogP contribution in [0.5, 0.6) is 0 Å². The molecule has 1 rings (SSSR count). The quantitative estimate of drug-likeness (QED) is 0.631. The second-order valence-corrected chi connectivity index (χ2v) is 3.22. The van der Waals surface area contributed by atoms with Gasteiger partial charge in [0.1, 0.15) is 5.69 Å². The van der Waals surface area contributed by atoms with Crippen LogP contribution in [0.2, 0.25) is 0 Å². The van der Waals surface area contributed by atoms with Gasteiger partial charge in [-0.2, -0.15) is 0 Å². The Balaban J connectivity index is 3.21. The van der Waals surface area contributed by atoms with Gasteiger partial charge < -0.3 is 4.74 Å². The van der Waals surface area contributed by atoms with Crippen molar-refractivity contribution in [3.63, 3.8) is 0 Å². The third-order valence-electron chi connectivity index (χ3n) is 1.73. The number of hydrogen-bond donors (Lipinski definition) is 0. The van der Waals surface area contributed by atoms with Crippen molar-refractivity contribution in [2.24, 2.45) is 0 Å². The van der Waals surface area contributed by atoms with Crippen molar-refractivity contribution in [1.82, 2.24) is 4.98 Å². The Kier molecular flexibility index (Phi) is 4.14. The molecule has 0 amide bonds. The molecule has 0 saturated heterocycles. The Morgan fingerprint density at radius 1 is 1.60 bits per heavy atom. The number of rotatable bonds is 3. The smallest absolute Gasteiger partial charge is 0.339 e. The number of hydrogen-bond acceptors (Lipinski definition) is 3. The molecular weight excluding hydrogens is 272 g/mol. The van der Waals surface area contributed by atoms with E-state index in [1.54, 1.807) is 0 Å². The van der Waals surface area contributed by atoms with Gasteiger partial charge in [0, 0.05) is 5.33 Å². The maximum absolute atomic E-state index is 12.6. The maximum atomic E-state index is 12.6. The van der Waals surface area contributed by atoms with Crippen LogP contribution in [0.25, 0.3) is 0 Å². The highest BCUT2D eigenvalue weighted by Crippen LogP contribution is 2.22. The summed E-state index contributed by atoms with van der Waals surface area (Å²) in [5.41, 5.74) is -0.297. The normalized spacial score (nSPS) is 10.5. The first kappa shape index (κ1) is 12.0. The van der Waals surface area contributed by atoms with Gasteiger partial charge in [0.25, 0.3) is 6.43 Å². The first-order chi connectivity index (χ1) is 7.10. The minimum Gasteiger partial charge on any atom is -0.465 e. The molecule has 0 saturated carbocycles. The van der Waals surface area contributed by atoms with Gasteiger partial charge in [-0.15, -0.1) is 0 Å².